The van der Waals surface area contributed by atoms with E-state index in [4.69, 9.17) is 0 Å². The van der Waals surface area contributed by atoms with Crippen molar-refractivity contribution in [1.29, 1.82) is 0 Å². The summed E-state index contributed by atoms with van der Waals surface area (Å²) in [6.07, 6.45) is 32.7. The van der Waals surface area contributed by atoms with Gasteiger partial charge >= 0.3 is 0 Å². The predicted molar refractivity (Wildman–Crippen MR) is 126 cm³/mol. The first-order valence-electron chi connectivity index (χ1n) is 12.2. The molecule has 2 radical (unpaired) electrons. The van der Waals surface area contributed by atoms with Crippen LogP contribution in [-0.2, 0) is 0 Å². The highest BCUT2D eigenvalue weighted by Crippen LogP contribution is 2.33. The normalized spacial score (nSPS) is 17.6. The van der Waals surface area contributed by atoms with Gasteiger partial charge in [0.15, 0.2) is 0 Å². The minimum absolute atomic E-state index is 0.793. The second-order valence-electron chi connectivity index (χ2n) is 8.80. The lowest BCUT2D eigenvalue weighted by atomic mass is 9.80. The van der Waals surface area contributed by atoms with Crippen molar-refractivity contribution in [2.45, 2.75) is 111 Å². The van der Waals surface area contributed by atoms with Gasteiger partial charge in [-0.1, -0.05) is 106 Å². The summed E-state index contributed by atoms with van der Waals surface area (Å²) in [6.45, 7) is 6.95. The van der Waals surface area contributed by atoms with Crippen molar-refractivity contribution in [1.82, 2.24) is 0 Å². The van der Waals surface area contributed by atoms with Crippen molar-refractivity contribution in [2.75, 3.05) is 0 Å². The van der Waals surface area contributed by atoms with Gasteiger partial charge in [0.2, 0.25) is 0 Å². The summed E-state index contributed by atoms with van der Waals surface area (Å²) in [7, 11) is 0. The Bertz CT molecular complexity index is 538. The molecule has 0 bridgehead atoms. The van der Waals surface area contributed by atoms with Crippen LogP contribution in [-0.4, -0.2) is 0 Å². The highest BCUT2D eigenvalue weighted by atomic mass is 14.2. The van der Waals surface area contributed by atoms with Gasteiger partial charge in [-0.3, -0.25) is 0 Å². The van der Waals surface area contributed by atoms with Gasteiger partial charge < -0.3 is 0 Å². The van der Waals surface area contributed by atoms with Gasteiger partial charge in [0, 0.05) is 5.92 Å². The first kappa shape index (κ1) is 23.2. The van der Waals surface area contributed by atoms with Crippen LogP contribution >= 0.6 is 0 Å². The second-order valence-corrected chi connectivity index (χ2v) is 8.80. The third-order valence-electron chi connectivity index (χ3n) is 6.50. The van der Waals surface area contributed by atoms with Crippen molar-refractivity contribution in [3.8, 4) is 0 Å². The first-order chi connectivity index (χ1) is 13.8. The molecular formula is C28H44. The maximum absolute atomic E-state index is 2.50. The molecule has 0 heterocycles. The number of hydrogen-bond acceptors (Lipinski definition) is 0. The third kappa shape index (κ3) is 8.54. The van der Waals surface area contributed by atoms with E-state index >= 15 is 0 Å². The number of allylic oxidation sites excluding steroid dienone is 8. The van der Waals surface area contributed by atoms with Crippen LogP contribution in [0.15, 0.2) is 47.1 Å². The fraction of sp³-hybridized carbons (Fsp3) is 0.643. The Kier molecular flexibility index (Phi) is 11.6. The molecule has 2 aliphatic carbocycles. The molecule has 0 amide bonds. The molecule has 0 saturated heterocycles. The maximum Gasteiger partial charge on any atom is 0.00468 e. The molecular weight excluding hydrogens is 336 g/mol. The van der Waals surface area contributed by atoms with E-state index in [1.54, 1.807) is 22.6 Å². The number of hydrogen-bond donors (Lipinski definition) is 0. The summed E-state index contributed by atoms with van der Waals surface area (Å²) in [5, 5.41) is 0. The van der Waals surface area contributed by atoms with Crippen LogP contribution in [0.25, 0.3) is 0 Å². The lowest BCUT2D eigenvalue weighted by molar-refractivity contribution is 0.507. The Morgan fingerprint density at radius 1 is 0.786 bits per heavy atom. The van der Waals surface area contributed by atoms with Gasteiger partial charge in [-0.25, -0.2) is 0 Å². The minimum Gasteiger partial charge on any atom is -0.0773 e. The summed E-state index contributed by atoms with van der Waals surface area (Å²) in [5.74, 6) is 2.47. The van der Waals surface area contributed by atoms with Crippen LogP contribution in [0.1, 0.15) is 111 Å². The van der Waals surface area contributed by atoms with E-state index in [1.165, 1.54) is 89.9 Å². The summed E-state index contributed by atoms with van der Waals surface area (Å²) in [4.78, 5) is 0. The summed E-state index contributed by atoms with van der Waals surface area (Å²) >= 11 is 0. The minimum atomic E-state index is 0.793. The summed E-state index contributed by atoms with van der Waals surface area (Å²) in [5.41, 5.74) is 4.89. The van der Waals surface area contributed by atoms with E-state index in [9.17, 15) is 0 Å². The summed E-state index contributed by atoms with van der Waals surface area (Å²) < 4.78 is 0. The molecule has 2 aliphatic rings. The zero-order valence-electron chi connectivity index (χ0n) is 18.9. The Morgan fingerprint density at radius 2 is 1.50 bits per heavy atom. The van der Waals surface area contributed by atoms with Crippen LogP contribution in [0.4, 0.5) is 0 Å². The molecule has 0 N–H and O–H groups in total. The molecule has 0 atom stereocenters. The highest BCUT2D eigenvalue weighted by molar-refractivity contribution is 5.32. The van der Waals surface area contributed by atoms with Crippen LogP contribution in [0.3, 0.4) is 0 Å². The molecule has 0 fully saturated rings. The average molecular weight is 381 g/mol. The number of rotatable bonds is 14. The SMILES string of the molecule is CCCCCC1=C[CH]CC(CCCCCCC2=CC=C[C](C(CC)CC)C2)=C1. The molecule has 0 nitrogen and oxygen atoms in total. The Labute approximate surface area is 176 Å². The molecule has 0 unspecified atom stereocenters. The third-order valence-corrected chi connectivity index (χ3v) is 6.50. The molecule has 0 aromatic carbocycles. The van der Waals surface area contributed by atoms with E-state index in [-0.39, 0.29) is 0 Å². The van der Waals surface area contributed by atoms with Crippen LogP contribution in [0.2, 0.25) is 0 Å². The van der Waals surface area contributed by atoms with Gasteiger partial charge in [0.25, 0.3) is 0 Å². The van der Waals surface area contributed by atoms with Crippen molar-refractivity contribution in [2.24, 2.45) is 5.92 Å². The van der Waals surface area contributed by atoms with E-state index in [2.05, 4.69) is 57.6 Å². The highest BCUT2D eigenvalue weighted by Gasteiger charge is 2.19. The second kappa shape index (κ2) is 14.0. The van der Waals surface area contributed by atoms with E-state index in [0.29, 0.717) is 0 Å². The fourth-order valence-corrected chi connectivity index (χ4v) is 4.65. The smallest absolute Gasteiger partial charge is 0.00468 e. The quantitative estimate of drug-likeness (QED) is 0.263. The van der Waals surface area contributed by atoms with Gasteiger partial charge in [0.05, 0.1) is 0 Å². The predicted octanol–water partition coefficient (Wildman–Crippen LogP) is 9.27. The molecule has 0 saturated carbocycles. The zero-order valence-corrected chi connectivity index (χ0v) is 18.9. The largest absolute Gasteiger partial charge is 0.0773 e. The van der Waals surface area contributed by atoms with Crippen molar-refractivity contribution < 1.29 is 0 Å². The molecule has 0 spiro atoms. The lowest BCUT2D eigenvalue weighted by Crippen LogP contribution is -2.11. The van der Waals surface area contributed by atoms with E-state index < -0.39 is 0 Å². The molecule has 156 valence electrons. The standard InChI is InChI=1S/C28H44/c1-4-7-10-15-24-18-13-19-25(22-24)16-11-8-9-12-17-26-20-14-21-28(23-26)27(5-2)6-3/h13-14,18,20-22,27H,4-12,15-17,19,23H2,1-3H3. The average Bonchev–Trinajstić information content (AvgIpc) is 2.72. The topological polar surface area (TPSA) is 0 Å². The Hall–Kier alpha value is -1.04. The van der Waals surface area contributed by atoms with Crippen molar-refractivity contribution in [3.05, 3.63) is 59.4 Å². The molecule has 0 aliphatic heterocycles. The van der Waals surface area contributed by atoms with Crippen LogP contribution in [0, 0.1) is 18.3 Å². The first-order valence-corrected chi connectivity index (χ1v) is 12.2. The molecule has 0 heteroatoms. The number of unbranched alkanes of at least 4 members (excludes halogenated alkanes) is 5. The zero-order chi connectivity index (χ0) is 20.0. The van der Waals surface area contributed by atoms with Crippen molar-refractivity contribution in [3.63, 3.8) is 0 Å². The van der Waals surface area contributed by atoms with Crippen LogP contribution in [0.5, 0.6) is 0 Å². The van der Waals surface area contributed by atoms with E-state index in [1.807, 2.05) is 0 Å². The summed E-state index contributed by atoms with van der Waals surface area (Å²) in [6, 6.07) is 0. The van der Waals surface area contributed by atoms with E-state index in [0.717, 1.165) is 5.92 Å². The van der Waals surface area contributed by atoms with Gasteiger partial charge in [-0.05, 0) is 63.7 Å². The van der Waals surface area contributed by atoms with Crippen LogP contribution < -0.4 is 0 Å². The monoisotopic (exact) mass is 380 g/mol. The van der Waals surface area contributed by atoms with Crippen molar-refractivity contribution >= 4 is 0 Å². The Morgan fingerprint density at radius 3 is 2.21 bits per heavy atom. The maximum atomic E-state index is 2.50. The fourth-order valence-electron chi connectivity index (χ4n) is 4.65. The van der Waals surface area contributed by atoms with Gasteiger partial charge in [-0.2, -0.15) is 0 Å². The lowest BCUT2D eigenvalue weighted by Gasteiger charge is -2.25. The van der Waals surface area contributed by atoms with Gasteiger partial charge in [-0.15, -0.1) is 0 Å². The molecule has 0 aromatic heterocycles. The molecule has 28 heavy (non-hydrogen) atoms. The molecule has 0 aromatic rings. The molecule has 2 rings (SSSR count). The van der Waals surface area contributed by atoms with Gasteiger partial charge in [0.1, 0.15) is 0 Å². The Balaban J connectivity index is 1.58.